The van der Waals surface area contributed by atoms with Crippen molar-refractivity contribution in [1.29, 1.82) is 0 Å². The topological polar surface area (TPSA) is 28.2 Å². The summed E-state index contributed by atoms with van der Waals surface area (Å²) in [6.07, 6.45) is 0. The van der Waals surface area contributed by atoms with E-state index in [1.165, 1.54) is 6.07 Å². The van der Waals surface area contributed by atoms with Gasteiger partial charge in [-0.1, -0.05) is 19.1 Å². The summed E-state index contributed by atoms with van der Waals surface area (Å²) in [5.74, 6) is -0.217. The largest absolute Gasteiger partial charge is 0.315 e. The lowest BCUT2D eigenvalue weighted by Gasteiger charge is -2.20. The highest BCUT2D eigenvalue weighted by Gasteiger charge is 2.16. The van der Waals surface area contributed by atoms with Crippen LogP contribution in [0.25, 0.3) is 0 Å². The summed E-state index contributed by atoms with van der Waals surface area (Å²) in [6, 6.07) is 7.02. The van der Waals surface area contributed by atoms with Crippen LogP contribution in [0.4, 0.5) is 15.2 Å². The van der Waals surface area contributed by atoms with Crippen LogP contribution in [0.3, 0.4) is 0 Å². The zero-order valence-corrected chi connectivity index (χ0v) is 12.9. The third kappa shape index (κ3) is 3.16. The standard InChI is InChI=1S/C15H20FN3S/c1-4-17-11(3)13-10-20-15(18-13)19(5-2)14-9-7-6-8-12(14)16/h6-11,17H,4-5H2,1-3H3. The Balaban J connectivity index is 2.27. The molecule has 0 aliphatic carbocycles. The number of nitrogens with one attached hydrogen (secondary N) is 1. The summed E-state index contributed by atoms with van der Waals surface area (Å²) in [7, 11) is 0. The minimum Gasteiger partial charge on any atom is -0.315 e. The number of rotatable bonds is 6. The first-order chi connectivity index (χ1) is 9.67. The molecule has 0 radical (unpaired) electrons. The number of hydrogen-bond donors (Lipinski definition) is 1. The molecule has 2 aromatic rings. The lowest BCUT2D eigenvalue weighted by molar-refractivity contribution is 0.586. The number of halogens is 1. The molecule has 0 fully saturated rings. The number of thiazole rings is 1. The second kappa shape index (κ2) is 6.81. The van der Waals surface area contributed by atoms with Gasteiger partial charge in [0.25, 0.3) is 0 Å². The molecule has 0 spiro atoms. The zero-order valence-electron chi connectivity index (χ0n) is 12.1. The molecule has 3 nitrogen and oxygen atoms in total. The zero-order chi connectivity index (χ0) is 14.5. The summed E-state index contributed by atoms with van der Waals surface area (Å²) in [5, 5.41) is 6.20. The molecule has 0 bridgehead atoms. The molecule has 1 atom stereocenters. The number of benzene rings is 1. The van der Waals surface area contributed by atoms with E-state index in [9.17, 15) is 4.39 Å². The van der Waals surface area contributed by atoms with Gasteiger partial charge < -0.3 is 10.2 Å². The minimum atomic E-state index is -0.217. The van der Waals surface area contributed by atoms with E-state index < -0.39 is 0 Å². The first kappa shape index (κ1) is 14.9. The molecule has 1 heterocycles. The molecule has 0 saturated carbocycles. The Kier molecular flexibility index (Phi) is 5.09. The molecule has 108 valence electrons. The predicted molar refractivity (Wildman–Crippen MR) is 83.3 cm³/mol. The molecular formula is C15H20FN3S. The van der Waals surface area contributed by atoms with Gasteiger partial charge in [0.1, 0.15) is 5.82 Å². The Morgan fingerprint density at radius 1 is 1.35 bits per heavy atom. The molecule has 1 aromatic carbocycles. The highest BCUT2D eigenvalue weighted by atomic mass is 32.1. The van der Waals surface area contributed by atoms with E-state index in [2.05, 4.69) is 24.1 Å². The van der Waals surface area contributed by atoms with E-state index in [1.54, 1.807) is 23.5 Å². The molecular weight excluding hydrogens is 273 g/mol. The van der Waals surface area contributed by atoms with Crippen molar-refractivity contribution in [3.8, 4) is 0 Å². The highest BCUT2D eigenvalue weighted by Crippen LogP contribution is 2.31. The van der Waals surface area contributed by atoms with Crippen molar-refractivity contribution in [3.05, 3.63) is 41.2 Å². The smallest absolute Gasteiger partial charge is 0.190 e. The Hall–Kier alpha value is -1.46. The molecule has 0 aliphatic heterocycles. The van der Waals surface area contributed by atoms with Gasteiger partial charge in [-0.25, -0.2) is 9.37 Å². The second-order valence-electron chi connectivity index (χ2n) is 4.53. The number of anilines is 2. The SMILES string of the molecule is CCNC(C)c1csc(N(CC)c2ccccc2F)n1. The van der Waals surface area contributed by atoms with Crippen LogP contribution in [0.2, 0.25) is 0 Å². The molecule has 0 saturated heterocycles. The first-order valence-corrected chi connectivity index (χ1v) is 7.76. The van der Waals surface area contributed by atoms with Gasteiger partial charge in [0.05, 0.1) is 11.4 Å². The number of aromatic nitrogens is 1. The molecule has 1 aromatic heterocycles. The molecule has 0 amide bonds. The Labute approximate surface area is 123 Å². The second-order valence-corrected chi connectivity index (χ2v) is 5.37. The Bertz CT molecular complexity index is 556. The van der Waals surface area contributed by atoms with Gasteiger partial charge in [0.2, 0.25) is 0 Å². The van der Waals surface area contributed by atoms with Crippen LogP contribution in [0.5, 0.6) is 0 Å². The van der Waals surface area contributed by atoms with Crippen LogP contribution >= 0.6 is 11.3 Å². The normalized spacial score (nSPS) is 12.4. The molecule has 2 rings (SSSR count). The Morgan fingerprint density at radius 2 is 2.10 bits per heavy atom. The van der Waals surface area contributed by atoms with Crippen LogP contribution in [0.1, 0.15) is 32.5 Å². The van der Waals surface area contributed by atoms with Crippen molar-refractivity contribution >= 4 is 22.2 Å². The van der Waals surface area contributed by atoms with Crippen LogP contribution in [-0.2, 0) is 0 Å². The molecule has 0 aliphatic rings. The van der Waals surface area contributed by atoms with Crippen molar-refractivity contribution < 1.29 is 4.39 Å². The van der Waals surface area contributed by atoms with Crippen molar-refractivity contribution in [2.24, 2.45) is 0 Å². The summed E-state index contributed by atoms with van der Waals surface area (Å²) in [4.78, 5) is 6.54. The number of nitrogens with zero attached hydrogens (tertiary/aromatic N) is 2. The number of para-hydroxylation sites is 1. The van der Waals surface area contributed by atoms with E-state index in [-0.39, 0.29) is 11.9 Å². The maximum absolute atomic E-state index is 13.9. The average molecular weight is 293 g/mol. The maximum atomic E-state index is 13.9. The van der Waals surface area contributed by atoms with Gasteiger partial charge in [-0.3, -0.25) is 0 Å². The van der Waals surface area contributed by atoms with Crippen LogP contribution in [0.15, 0.2) is 29.6 Å². The summed E-state index contributed by atoms with van der Waals surface area (Å²) < 4.78 is 13.9. The third-order valence-corrected chi connectivity index (χ3v) is 4.04. The molecule has 5 heteroatoms. The fourth-order valence-electron chi connectivity index (χ4n) is 2.09. The van der Waals surface area contributed by atoms with Gasteiger partial charge in [0.15, 0.2) is 5.13 Å². The summed E-state index contributed by atoms with van der Waals surface area (Å²) >= 11 is 1.55. The van der Waals surface area contributed by atoms with Crippen molar-refractivity contribution in [1.82, 2.24) is 10.3 Å². The maximum Gasteiger partial charge on any atom is 0.190 e. The monoisotopic (exact) mass is 293 g/mol. The minimum absolute atomic E-state index is 0.212. The van der Waals surface area contributed by atoms with E-state index in [0.29, 0.717) is 12.2 Å². The van der Waals surface area contributed by atoms with Gasteiger partial charge >= 0.3 is 0 Å². The van der Waals surface area contributed by atoms with Crippen LogP contribution < -0.4 is 10.2 Å². The predicted octanol–water partition coefficient (Wildman–Crippen LogP) is 4.11. The van der Waals surface area contributed by atoms with E-state index in [4.69, 9.17) is 0 Å². The fourth-order valence-corrected chi connectivity index (χ4v) is 3.08. The third-order valence-electron chi connectivity index (χ3n) is 3.15. The molecule has 1 N–H and O–H groups in total. The Morgan fingerprint density at radius 3 is 2.75 bits per heavy atom. The highest BCUT2D eigenvalue weighted by molar-refractivity contribution is 7.13. The quantitative estimate of drug-likeness (QED) is 0.868. The molecule has 20 heavy (non-hydrogen) atoms. The fraction of sp³-hybridized carbons (Fsp3) is 0.400. The van der Waals surface area contributed by atoms with Crippen LogP contribution in [-0.4, -0.2) is 18.1 Å². The van der Waals surface area contributed by atoms with Crippen molar-refractivity contribution in [2.75, 3.05) is 18.0 Å². The van der Waals surface area contributed by atoms with Gasteiger partial charge in [-0.2, -0.15) is 0 Å². The van der Waals surface area contributed by atoms with E-state index in [1.807, 2.05) is 23.3 Å². The van der Waals surface area contributed by atoms with Crippen molar-refractivity contribution in [2.45, 2.75) is 26.8 Å². The average Bonchev–Trinajstić information content (AvgIpc) is 2.92. The lowest BCUT2D eigenvalue weighted by Crippen LogP contribution is -2.19. The summed E-state index contributed by atoms with van der Waals surface area (Å²) in [6.45, 7) is 7.74. The number of hydrogen-bond acceptors (Lipinski definition) is 4. The first-order valence-electron chi connectivity index (χ1n) is 6.88. The van der Waals surface area contributed by atoms with E-state index in [0.717, 1.165) is 17.4 Å². The van der Waals surface area contributed by atoms with E-state index >= 15 is 0 Å². The summed E-state index contributed by atoms with van der Waals surface area (Å²) in [5.41, 5.74) is 1.58. The molecule has 1 unspecified atom stereocenters. The van der Waals surface area contributed by atoms with Gasteiger partial charge in [0, 0.05) is 18.0 Å². The van der Waals surface area contributed by atoms with Gasteiger partial charge in [-0.05, 0) is 32.5 Å². The van der Waals surface area contributed by atoms with Crippen LogP contribution in [0, 0.1) is 5.82 Å². The van der Waals surface area contributed by atoms with Crippen molar-refractivity contribution in [3.63, 3.8) is 0 Å². The lowest BCUT2D eigenvalue weighted by atomic mass is 10.2. The van der Waals surface area contributed by atoms with Gasteiger partial charge in [-0.15, -0.1) is 11.3 Å².